The highest BCUT2D eigenvalue weighted by molar-refractivity contribution is 7.92. The standard InChI is InChI=1S/C12H18N2O5S2/c1-12(5-6-20(15,16)8-12)14-21(17,18)11-4-3-9(19-2)7-10(11)13/h3-4,7,14H,5-6,8,13H2,1-2H3. The molecule has 1 fully saturated rings. The van der Waals surface area contributed by atoms with Crippen LogP contribution in [0.3, 0.4) is 0 Å². The quantitative estimate of drug-likeness (QED) is 0.756. The topological polar surface area (TPSA) is 116 Å². The van der Waals surface area contributed by atoms with Gasteiger partial charge in [-0.05, 0) is 25.5 Å². The smallest absolute Gasteiger partial charge is 0.243 e. The molecule has 1 heterocycles. The lowest BCUT2D eigenvalue weighted by atomic mass is 10.0. The highest BCUT2D eigenvalue weighted by Crippen LogP contribution is 2.28. The van der Waals surface area contributed by atoms with Crippen molar-refractivity contribution in [3.63, 3.8) is 0 Å². The predicted molar refractivity (Wildman–Crippen MR) is 79.4 cm³/mol. The zero-order valence-electron chi connectivity index (χ0n) is 11.8. The van der Waals surface area contributed by atoms with Crippen molar-refractivity contribution >= 4 is 25.5 Å². The molecule has 1 aliphatic rings. The van der Waals surface area contributed by atoms with E-state index in [4.69, 9.17) is 10.5 Å². The summed E-state index contributed by atoms with van der Waals surface area (Å²) in [4.78, 5) is -0.0891. The lowest BCUT2D eigenvalue weighted by Crippen LogP contribution is -2.46. The molecule has 118 valence electrons. The molecular formula is C12H18N2O5S2. The Morgan fingerprint density at radius 3 is 2.52 bits per heavy atom. The number of hydrogen-bond acceptors (Lipinski definition) is 6. The maximum Gasteiger partial charge on any atom is 0.243 e. The summed E-state index contributed by atoms with van der Waals surface area (Å²) < 4.78 is 55.3. The Morgan fingerprint density at radius 1 is 1.38 bits per heavy atom. The summed E-state index contributed by atoms with van der Waals surface area (Å²) in [6.45, 7) is 1.58. The van der Waals surface area contributed by atoms with Crippen molar-refractivity contribution in [1.82, 2.24) is 4.72 Å². The summed E-state index contributed by atoms with van der Waals surface area (Å²) in [6.07, 6.45) is 0.241. The number of nitrogens with one attached hydrogen (secondary N) is 1. The second kappa shape index (κ2) is 5.15. The van der Waals surface area contributed by atoms with E-state index < -0.39 is 25.4 Å². The SMILES string of the molecule is COc1ccc(S(=O)(=O)NC2(C)CCS(=O)(=O)C2)c(N)c1. The number of nitrogens with two attached hydrogens (primary N) is 1. The van der Waals surface area contributed by atoms with Crippen LogP contribution < -0.4 is 15.2 Å². The van der Waals surface area contributed by atoms with Crippen molar-refractivity contribution in [2.24, 2.45) is 0 Å². The van der Waals surface area contributed by atoms with Crippen LogP contribution in [-0.2, 0) is 19.9 Å². The van der Waals surface area contributed by atoms with Gasteiger partial charge in [-0.3, -0.25) is 0 Å². The molecule has 1 aromatic rings. The number of ether oxygens (including phenoxy) is 1. The minimum absolute atomic E-state index is 0.0237. The van der Waals surface area contributed by atoms with Gasteiger partial charge < -0.3 is 10.5 Å². The van der Waals surface area contributed by atoms with Gasteiger partial charge in [0, 0.05) is 11.6 Å². The molecule has 3 N–H and O–H groups in total. The Bertz CT molecular complexity index is 758. The summed E-state index contributed by atoms with van der Waals surface area (Å²) in [7, 11) is -5.66. The number of methoxy groups -OCH3 is 1. The minimum atomic E-state index is -3.90. The highest BCUT2D eigenvalue weighted by atomic mass is 32.2. The van der Waals surface area contributed by atoms with E-state index in [0.29, 0.717) is 5.75 Å². The van der Waals surface area contributed by atoms with E-state index in [1.807, 2.05) is 0 Å². The van der Waals surface area contributed by atoms with E-state index in [1.165, 1.54) is 25.3 Å². The Balaban J connectivity index is 2.31. The van der Waals surface area contributed by atoms with Crippen molar-refractivity contribution in [1.29, 1.82) is 0 Å². The molecule has 1 aliphatic heterocycles. The van der Waals surface area contributed by atoms with E-state index in [9.17, 15) is 16.8 Å². The summed E-state index contributed by atoms with van der Waals surface area (Å²) in [5, 5.41) is 0. The molecule has 0 amide bonds. The summed E-state index contributed by atoms with van der Waals surface area (Å²) in [6, 6.07) is 4.23. The Hall–Kier alpha value is -1.32. The molecular weight excluding hydrogens is 316 g/mol. The van der Waals surface area contributed by atoms with Gasteiger partial charge in [0.15, 0.2) is 9.84 Å². The first kappa shape index (κ1) is 16.1. The van der Waals surface area contributed by atoms with Crippen molar-refractivity contribution in [2.45, 2.75) is 23.8 Å². The van der Waals surface area contributed by atoms with Gasteiger partial charge in [-0.15, -0.1) is 0 Å². The van der Waals surface area contributed by atoms with Gasteiger partial charge in [-0.1, -0.05) is 0 Å². The molecule has 21 heavy (non-hydrogen) atoms. The van der Waals surface area contributed by atoms with Crippen LogP contribution in [0.1, 0.15) is 13.3 Å². The van der Waals surface area contributed by atoms with Crippen LogP contribution in [0.5, 0.6) is 5.75 Å². The lowest BCUT2D eigenvalue weighted by Gasteiger charge is -2.24. The zero-order chi connectivity index (χ0) is 15.9. The molecule has 1 atom stereocenters. The van der Waals surface area contributed by atoms with Crippen LogP contribution in [0.2, 0.25) is 0 Å². The molecule has 2 rings (SSSR count). The van der Waals surface area contributed by atoms with E-state index in [-0.39, 0.29) is 28.5 Å². The third kappa shape index (κ3) is 3.47. The van der Waals surface area contributed by atoms with E-state index in [1.54, 1.807) is 6.92 Å². The van der Waals surface area contributed by atoms with Gasteiger partial charge in [0.05, 0.1) is 24.3 Å². The van der Waals surface area contributed by atoms with E-state index >= 15 is 0 Å². The average Bonchev–Trinajstić information content (AvgIpc) is 2.61. The highest BCUT2D eigenvalue weighted by Gasteiger charge is 2.41. The second-order valence-corrected chi connectivity index (χ2v) is 9.25. The van der Waals surface area contributed by atoms with Gasteiger partial charge in [0.2, 0.25) is 10.0 Å². The van der Waals surface area contributed by atoms with Gasteiger partial charge in [0.1, 0.15) is 10.6 Å². The Morgan fingerprint density at radius 2 is 2.05 bits per heavy atom. The number of nitrogen functional groups attached to an aromatic ring is 1. The Labute approximate surface area is 124 Å². The molecule has 7 nitrogen and oxygen atoms in total. The number of sulfonamides is 1. The van der Waals surface area contributed by atoms with Gasteiger partial charge in [-0.2, -0.15) is 0 Å². The predicted octanol–water partition coefficient (Wildman–Crippen LogP) is 0.133. The molecule has 0 radical (unpaired) electrons. The van der Waals surface area contributed by atoms with Crippen molar-refractivity contribution in [3.05, 3.63) is 18.2 Å². The van der Waals surface area contributed by atoms with E-state index in [2.05, 4.69) is 4.72 Å². The second-order valence-electron chi connectivity index (χ2n) is 5.41. The number of benzene rings is 1. The zero-order valence-corrected chi connectivity index (χ0v) is 13.4. The molecule has 0 saturated carbocycles. The fourth-order valence-electron chi connectivity index (χ4n) is 2.37. The molecule has 1 unspecified atom stereocenters. The molecule has 0 aliphatic carbocycles. The third-order valence-corrected chi connectivity index (χ3v) is 7.01. The van der Waals surface area contributed by atoms with Crippen LogP contribution in [0.25, 0.3) is 0 Å². The maximum absolute atomic E-state index is 12.4. The minimum Gasteiger partial charge on any atom is -0.497 e. The Kier molecular flexibility index (Phi) is 3.94. The number of rotatable bonds is 4. The number of hydrogen-bond donors (Lipinski definition) is 2. The first-order valence-electron chi connectivity index (χ1n) is 6.25. The molecule has 0 bridgehead atoms. The fourth-order valence-corrected chi connectivity index (χ4v) is 6.10. The average molecular weight is 334 g/mol. The summed E-state index contributed by atoms with van der Waals surface area (Å²) >= 11 is 0. The first-order chi connectivity index (χ1) is 9.57. The van der Waals surface area contributed by atoms with Crippen LogP contribution in [-0.4, -0.2) is 41.0 Å². The van der Waals surface area contributed by atoms with Crippen LogP contribution >= 0.6 is 0 Å². The van der Waals surface area contributed by atoms with Gasteiger partial charge >= 0.3 is 0 Å². The molecule has 9 heteroatoms. The molecule has 1 aromatic carbocycles. The van der Waals surface area contributed by atoms with Crippen molar-refractivity contribution in [3.8, 4) is 5.75 Å². The summed E-state index contributed by atoms with van der Waals surface area (Å²) in [5.74, 6) is 0.209. The van der Waals surface area contributed by atoms with Crippen LogP contribution in [0.4, 0.5) is 5.69 Å². The largest absolute Gasteiger partial charge is 0.497 e. The number of sulfone groups is 1. The monoisotopic (exact) mass is 334 g/mol. The number of anilines is 1. The van der Waals surface area contributed by atoms with Crippen LogP contribution in [0, 0.1) is 0 Å². The molecule has 0 spiro atoms. The third-order valence-electron chi connectivity index (χ3n) is 3.39. The fraction of sp³-hybridized carbons (Fsp3) is 0.500. The van der Waals surface area contributed by atoms with Crippen molar-refractivity contribution in [2.75, 3.05) is 24.3 Å². The van der Waals surface area contributed by atoms with Gasteiger partial charge in [0.25, 0.3) is 0 Å². The molecule has 0 aromatic heterocycles. The van der Waals surface area contributed by atoms with Crippen molar-refractivity contribution < 1.29 is 21.6 Å². The maximum atomic E-state index is 12.4. The van der Waals surface area contributed by atoms with Gasteiger partial charge in [-0.25, -0.2) is 21.6 Å². The summed E-state index contributed by atoms with van der Waals surface area (Å²) in [5.41, 5.74) is 4.77. The normalized spacial score (nSPS) is 24.9. The molecule has 1 saturated heterocycles. The van der Waals surface area contributed by atoms with E-state index in [0.717, 1.165) is 0 Å². The van der Waals surface area contributed by atoms with Crippen LogP contribution in [0.15, 0.2) is 23.1 Å². The first-order valence-corrected chi connectivity index (χ1v) is 9.55. The lowest BCUT2D eigenvalue weighted by molar-refractivity contribution is 0.414.